The smallest absolute Gasteiger partial charge is 0.407 e. The van der Waals surface area contributed by atoms with Gasteiger partial charge in [-0.1, -0.05) is 48.5 Å². The molecule has 0 fully saturated rings. The van der Waals surface area contributed by atoms with Crippen LogP contribution in [0.25, 0.3) is 11.1 Å². The SMILES string of the molecule is O=C(O)CCC(NC(=O)OCC1c2ccccc2-c2ccccc21)C(=O)N1CCC=C(F)C1. The zero-order valence-corrected chi connectivity index (χ0v) is 18.0. The number of hydrogen-bond acceptors (Lipinski definition) is 4. The lowest BCUT2D eigenvalue weighted by atomic mass is 9.98. The van der Waals surface area contributed by atoms with Crippen molar-refractivity contribution in [2.45, 2.75) is 31.2 Å². The molecule has 0 spiro atoms. The molecule has 172 valence electrons. The molecule has 0 radical (unpaired) electrons. The van der Waals surface area contributed by atoms with Crippen molar-refractivity contribution in [1.29, 1.82) is 0 Å². The minimum atomic E-state index is -1.11. The number of benzene rings is 2. The Bertz CT molecular complexity index is 1050. The van der Waals surface area contributed by atoms with Crippen molar-refractivity contribution < 1.29 is 28.6 Å². The molecule has 2 N–H and O–H groups in total. The molecule has 2 aliphatic rings. The predicted octanol–water partition coefficient (Wildman–Crippen LogP) is 3.84. The van der Waals surface area contributed by atoms with E-state index in [1.54, 1.807) is 0 Å². The average molecular weight is 452 g/mol. The summed E-state index contributed by atoms with van der Waals surface area (Å²) in [7, 11) is 0. The third-order valence-corrected chi connectivity index (χ3v) is 6.00. The molecule has 1 unspecified atom stereocenters. The summed E-state index contributed by atoms with van der Waals surface area (Å²) in [5.74, 6) is -2.18. The molecule has 2 aromatic carbocycles. The maximum Gasteiger partial charge on any atom is 0.407 e. The van der Waals surface area contributed by atoms with Crippen LogP contribution in [0.2, 0.25) is 0 Å². The van der Waals surface area contributed by atoms with Gasteiger partial charge in [0.2, 0.25) is 5.91 Å². The molecule has 7 nitrogen and oxygen atoms in total. The minimum Gasteiger partial charge on any atom is -0.481 e. The van der Waals surface area contributed by atoms with Crippen molar-refractivity contribution in [2.75, 3.05) is 19.7 Å². The maximum atomic E-state index is 13.6. The molecule has 1 aliphatic heterocycles. The van der Waals surface area contributed by atoms with Gasteiger partial charge in [-0.3, -0.25) is 9.59 Å². The van der Waals surface area contributed by atoms with Crippen LogP contribution in [0.1, 0.15) is 36.3 Å². The summed E-state index contributed by atoms with van der Waals surface area (Å²) in [6.07, 6.45) is 0.545. The van der Waals surface area contributed by atoms with Crippen LogP contribution >= 0.6 is 0 Å². The van der Waals surface area contributed by atoms with Crippen molar-refractivity contribution in [3.05, 3.63) is 71.6 Å². The van der Waals surface area contributed by atoms with E-state index in [-0.39, 0.29) is 31.9 Å². The normalized spacial score (nSPS) is 15.8. The zero-order chi connectivity index (χ0) is 23.4. The molecule has 4 rings (SSSR count). The van der Waals surface area contributed by atoms with E-state index in [2.05, 4.69) is 5.32 Å². The highest BCUT2D eigenvalue weighted by atomic mass is 19.1. The highest BCUT2D eigenvalue weighted by Gasteiger charge is 2.31. The van der Waals surface area contributed by atoms with Gasteiger partial charge in [-0.25, -0.2) is 9.18 Å². The first-order valence-corrected chi connectivity index (χ1v) is 10.9. The van der Waals surface area contributed by atoms with Gasteiger partial charge in [0.15, 0.2) is 0 Å². The molecule has 2 amide bonds. The molecule has 1 aliphatic carbocycles. The van der Waals surface area contributed by atoms with Gasteiger partial charge in [0.05, 0.1) is 6.54 Å². The Hall–Kier alpha value is -3.68. The van der Waals surface area contributed by atoms with Crippen LogP contribution in [0.3, 0.4) is 0 Å². The van der Waals surface area contributed by atoms with Crippen LogP contribution in [-0.2, 0) is 14.3 Å². The van der Waals surface area contributed by atoms with Crippen molar-refractivity contribution in [1.82, 2.24) is 10.2 Å². The van der Waals surface area contributed by atoms with E-state index in [0.29, 0.717) is 13.0 Å². The lowest BCUT2D eigenvalue weighted by molar-refractivity contribution is -0.138. The van der Waals surface area contributed by atoms with Crippen molar-refractivity contribution >= 4 is 18.0 Å². The number of amides is 2. The summed E-state index contributed by atoms with van der Waals surface area (Å²) < 4.78 is 19.1. The van der Waals surface area contributed by atoms with Gasteiger partial charge in [-0.15, -0.1) is 0 Å². The monoisotopic (exact) mass is 452 g/mol. The van der Waals surface area contributed by atoms with Gasteiger partial charge >= 0.3 is 12.1 Å². The van der Waals surface area contributed by atoms with Gasteiger partial charge in [0, 0.05) is 18.9 Å². The van der Waals surface area contributed by atoms with Gasteiger partial charge in [0.25, 0.3) is 0 Å². The van der Waals surface area contributed by atoms with E-state index in [1.807, 2.05) is 48.5 Å². The fourth-order valence-electron chi connectivity index (χ4n) is 4.42. The van der Waals surface area contributed by atoms with E-state index in [9.17, 15) is 18.8 Å². The van der Waals surface area contributed by atoms with Crippen LogP contribution < -0.4 is 5.32 Å². The zero-order valence-electron chi connectivity index (χ0n) is 18.0. The lowest BCUT2D eigenvalue weighted by Gasteiger charge is -2.29. The minimum absolute atomic E-state index is 0.0702. The largest absolute Gasteiger partial charge is 0.481 e. The first kappa shape index (κ1) is 22.5. The van der Waals surface area contributed by atoms with Crippen LogP contribution in [0.5, 0.6) is 0 Å². The van der Waals surface area contributed by atoms with Gasteiger partial charge in [-0.05, 0) is 41.2 Å². The second-order valence-electron chi connectivity index (χ2n) is 8.15. The topological polar surface area (TPSA) is 95.9 Å². The number of nitrogens with one attached hydrogen (secondary N) is 1. The number of nitrogens with zero attached hydrogens (tertiary/aromatic N) is 1. The van der Waals surface area contributed by atoms with Crippen LogP contribution in [0, 0.1) is 0 Å². The number of rotatable bonds is 7. The lowest BCUT2D eigenvalue weighted by Crippen LogP contribution is -2.50. The van der Waals surface area contributed by atoms with E-state index in [1.165, 1.54) is 11.0 Å². The third-order valence-electron chi connectivity index (χ3n) is 6.00. The Morgan fingerprint density at radius 2 is 1.73 bits per heavy atom. The summed E-state index contributed by atoms with van der Waals surface area (Å²) in [5, 5.41) is 11.5. The number of fused-ring (bicyclic) bond motifs is 3. The first-order valence-electron chi connectivity index (χ1n) is 10.9. The fourth-order valence-corrected chi connectivity index (χ4v) is 4.42. The molecule has 0 bridgehead atoms. The molecule has 2 aromatic rings. The summed E-state index contributed by atoms with van der Waals surface area (Å²) in [5.41, 5.74) is 4.30. The predicted molar refractivity (Wildman–Crippen MR) is 119 cm³/mol. The second-order valence-corrected chi connectivity index (χ2v) is 8.15. The molecular weight excluding hydrogens is 427 g/mol. The molecule has 1 heterocycles. The average Bonchev–Trinajstić information content (AvgIpc) is 3.13. The van der Waals surface area contributed by atoms with E-state index in [4.69, 9.17) is 9.84 Å². The van der Waals surface area contributed by atoms with Crippen LogP contribution in [-0.4, -0.2) is 53.7 Å². The molecule has 1 atom stereocenters. The number of ether oxygens (including phenoxy) is 1. The fraction of sp³-hybridized carbons (Fsp3) is 0.320. The van der Waals surface area contributed by atoms with E-state index >= 15 is 0 Å². The summed E-state index contributed by atoms with van der Waals surface area (Å²) in [4.78, 5) is 37.8. The third kappa shape index (κ3) is 5.05. The van der Waals surface area contributed by atoms with Crippen molar-refractivity contribution in [3.8, 4) is 11.1 Å². The number of carbonyl (C=O) groups is 3. The number of alkyl carbamates (subject to hydrolysis) is 1. The maximum absolute atomic E-state index is 13.6. The van der Waals surface area contributed by atoms with Gasteiger partial charge in [-0.2, -0.15) is 0 Å². The van der Waals surface area contributed by atoms with Crippen molar-refractivity contribution in [2.24, 2.45) is 0 Å². The number of hydrogen-bond donors (Lipinski definition) is 2. The number of carboxylic acids is 1. The Kier molecular flexibility index (Phi) is 6.72. The Balaban J connectivity index is 1.43. The summed E-state index contributed by atoms with van der Waals surface area (Å²) in [6, 6.07) is 14.7. The second kappa shape index (κ2) is 9.85. The number of aliphatic carboxylic acids is 1. The number of carbonyl (C=O) groups excluding carboxylic acids is 2. The number of halogens is 1. The van der Waals surface area contributed by atoms with E-state index < -0.39 is 29.8 Å². The van der Waals surface area contributed by atoms with Gasteiger partial charge in [0.1, 0.15) is 18.5 Å². The standard InChI is InChI=1S/C25H25FN2O5/c26-16-6-5-13-28(14-16)24(31)22(11-12-23(29)30)27-25(32)33-15-21-19-9-3-1-7-17(19)18-8-2-4-10-20(18)21/h1-4,6-10,21-22H,5,11-15H2,(H,27,32)(H,29,30). The first-order chi connectivity index (χ1) is 15.9. The Morgan fingerprint density at radius 1 is 1.09 bits per heavy atom. The summed E-state index contributed by atoms with van der Waals surface area (Å²) >= 11 is 0. The van der Waals surface area contributed by atoms with E-state index in [0.717, 1.165) is 22.3 Å². The highest BCUT2D eigenvalue weighted by Crippen LogP contribution is 2.44. The molecule has 33 heavy (non-hydrogen) atoms. The molecular formula is C25H25FN2O5. The Morgan fingerprint density at radius 3 is 2.33 bits per heavy atom. The summed E-state index contributed by atoms with van der Waals surface area (Å²) in [6.45, 7) is 0.192. The molecule has 0 saturated heterocycles. The van der Waals surface area contributed by atoms with Crippen LogP contribution in [0.15, 0.2) is 60.4 Å². The molecule has 8 heteroatoms. The quantitative estimate of drug-likeness (QED) is 0.666. The molecule has 0 saturated carbocycles. The van der Waals surface area contributed by atoms with Crippen LogP contribution in [0.4, 0.5) is 9.18 Å². The number of carboxylic acid groups (broad SMARTS) is 1. The van der Waals surface area contributed by atoms with Crippen molar-refractivity contribution in [3.63, 3.8) is 0 Å². The highest BCUT2D eigenvalue weighted by molar-refractivity contribution is 5.86. The Labute approximate surface area is 190 Å². The molecule has 0 aromatic heterocycles. The van der Waals surface area contributed by atoms with Gasteiger partial charge < -0.3 is 20.1 Å².